The summed E-state index contributed by atoms with van der Waals surface area (Å²) in [6, 6.07) is 18.3. The lowest BCUT2D eigenvalue weighted by Gasteiger charge is -2.11. The van der Waals surface area contributed by atoms with Gasteiger partial charge in [0.05, 0.1) is 26.1 Å². The van der Waals surface area contributed by atoms with Crippen LogP contribution in [0, 0.1) is 0 Å². The first-order valence-corrected chi connectivity index (χ1v) is 11.7. The lowest BCUT2D eigenvalue weighted by atomic mass is 10.1. The van der Waals surface area contributed by atoms with Crippen molar-refractivity contribution >= 4 is 17.6 Å². The molecule has 0 spiro atoms. The molecule has 0 unspecified atom stereocenters. The molecule has 0 aliphatic heterocycles. The molecule has 3 aromatic carbocycles. The first kappa shape index (κ1) is 23.9. The number of benzene rings is 3. The van der Waals surface area contributed by atoms with Gasteiger partial charge >= 0.3 is 0 Å². The second-order valence-electron chi connectivity index (χ2n) is 7.51. The second-order valence-corrected chi connectivity index (χ2v) is 8.35. The number of thiazole rings is 1. The van der Waals surface area contributed by atoms with Gasteiger partial charge in [-0.2, -0.15) is 5.10 Å². The number of phenols is 3. The van der Waals surface area contributed by atoms with Crippen LogP contribution in [-0.4, -0.2) is 47.0 Å². The molecule has 1 aromatic heterocycles. The third-order valence-electron chi connectivity index (χ3n) is 5.33. The van der Waals surface area contributed by atoms with E-state index in [1.807, 2.05) is 41.8 Å². The maximum Gasteiger partial charge on any atom is 0.206 e. The first-order valence-electron chi connectivity index (χ1n) is 10.8. The van der Waals surface area contributed by atoms with Gasteiger partial charge in [-0.1, -0.05) is 30.3 Å². The summed E-state index contributed by atoms with van der Waals surface area (Å²) in [6.07, 6.45) is 2.17. The first-order chi connectivity index (χ1) is 17.0. The van der Waals surface area contributed by atoms with Crippen LogP contribution in [0.4, 0.5) is 0 Å². The maximum absolute atomic E-state index is 10.2. The Bertz CT molecular complexity index is 1410. The third kappa shape index (κ3) is 5.30. The number of hydrogen-bond acceptors (Lipinski definition) is 8. The van der Waals surface area contributed by atoms with E-state index in [-0.39, 0.29) is 5.56 Å². The number of hydrogen-bond donors (Lipinski definition) is 3. The minimum absolute atomic E-state index is 0.234. The van der Waals surface area contributed by atoms with Crippen LogP contribution in [0.3, 0.4) is 0 Å². The highest BCUT2D eigenvalue weighted by Gasteiger charge is 2.15. The van der Waals surface area contributed by atoms with Crippen LogP contribution in [0.5, 0.6) is 28.7 Å². The Morgan fingerprint density at radius 2 is 1.74 bits per heavy atom. The fraction of sp³-hybridized carbons (Fsp3) is 0.154. The maximum atomic E-state index is 10.2. The minimum atomic E-state index is -0.605. The molecule has 4 aromatic rings. The lowest BCUT2D eigenvalue weighted by Crippen LogP contribution is -2.13. The molecule has 1 heterocycles. The number of phenolic OH excluding ortho intramolecular Hbond substituents is 3. The summed E-state index contributed by atoms with van der Waals surface area (Å²) >= 11 is 1.42. The Kier molecular flexibility index (Phi) is 7.37. The highest BCUT2D eigenvalue weighted by molar-refractivity contribution is 7.07. The molecule has 0 saturated heterocycles. The van der Waals surface area contributed by atoms with Crippen LogP contribution in [0.1, 0.15) is 11.1 Å². The van der Waals surface area contributed by atoms with Gasteiger partial charge in [-0.25, -0.2) is 4.68 Å². The zero-order valence-electron chi connectivity index (χ0n) is 19.3. The monoisotopic (exact) mass is 491 g/mol. The molecular formula is C26H25N3O5S. The summed E-state index contributed by atoms with van der Waals surface area (Å²) < 4.78 is 12.6. The van der Waals surface area contributed by atoms with Gasteiger partial charge in [-0.15, -0.1) is 11.3 Å². The molecule has 3 N–H and O–H groups in total. The highest BCUT2D eigenvalue weighted by atomic mass is 32.1. The summed E-state index contributed by atoms with van der Waals surface area (Å²) in [4.78, 5) is 5.39. The Labute approximate surface area is 206 Å². The summed E-state index contributed by atoms with van der Waals surface area (Å²) in [5, 5.41) is 36.2. The normalized spacial score (nSPS) is 11.8. The molecule has 0 fully saturated rings. The van der Waals surface area contributed by atoms with Gasteiger partial charge in [0.2, 0.25) is 10.6 Å². The Morgan fingerprint density at radius 1 is 0.943 bits per heavy atom. The Balaban J connectivity index is 1.79. The van der Waals surface area contributed by atoms with Crippen LogP contribution in [0.2, 0.25) is 0 Å². The second kappa shape index (κ2) is 10.8. The highest BCUT2D eigenvalue weighted by Crippen LogP contribution is 2.37. The van der Waals surface area contributed by atoms with Gasteiger partial charge in [0.1, 0.15) is 11.5 Å². The summed E-state index contributed by atoms with van der Waals surface area (Å²) in [6.45, 7) is 0.556. The van der Waals surface area contributed by atoms with Crippen molar-refractivity contribution in [2.24, 2.45) is 10.1 Å². The molecule has 8 nitrogen and oxygen atoms in total. The summed E-state index contributed by atoms with van der Waals surface area (Å²) in [5.74, 6) is -0.194. The van der Waals surface area contributed by atoms with Crippen molar-refractivity contribution in [3.05, 3.63) is 82.0 Å². The quantitative estimate of drug-likeness (QED) is 0.250. The van der Waals surface area contributed by atoms with Crippen LogP contribution < -0.4 is 14.3 Å². The lowest BCUT2D eigenvalue weighted by molar-refractivity contribution is 0.367. The van der Waals surface area contributed by atoms with Gasteiger partial charge in [0, 0.05) is 23.1 Å². The van der Waals surface area contributed by atoms with Gasteiger partial charge in [-0.05, 0) is 42.3 Å². The summed E-state index contributed by atoms with van der Waals surface area (Å²) in [7, 11) is 3.18. The Hall–Kier alpha value is -4.24. The average Bonchev–Trinajstić information content (AvgIpc) is 3.29. The zero-order chi connectivity index (χ0) is 24.8. The number of nitrogens with zero attached hydrogens (tertiary/aromatic N) is 3. The number of methoxy groups -OCH3 is 2. The van der Waals surface area contributed by atoms with Crippen molar-refractivity contribution in [3.63, 3.8) is 0 Å². The van der Waals surface area contributed by atoms with E-state index in [4.69, 9.17) is 14.5 Å². The van der Waals surface area contributed by atoms with Crippen LogP contribution in [-0.2, 0) is 6.42 Å². The molecule has 0 bridgehead atoms. The largest absolute Gasteiger partial charge is 0.504 e. The summed E-state index contributed by atoms with van der Waals surface area (Å²) in [5.41, 5.74) is 2.88. The molecule has 0 aliphatic rings. The third-order valence-corrected chi connectivity index (χ3v) is 6.19. The van der Waals surface area contributed by atoms with E-state index in [2.05, 4.69) is 17.2 Å². The number of aromatic nitrogens is 1. The van der Waals surface area contributed by atoms with Gasteiger partial charge in [-0.3, -0.25) is 4.99 Å². The fourth-order valence-electron chi connectivity index (χ4n) is 3.45. The molecule has 0 aliphatic carbocycles. The van der Waals surface area contributed by atoms with E-state index in [0.29, 0.717) is 28.5 Å². The van der Waals surface area contributed by atoms with E-state index in [1.54, 1.807) is 18.9 Å². The molecule has 180 valence electrons. The van der Waals surface area contributed by atoms with Crippen molar-refractivity contribution in [1.82, 2.24) is 4.68 Å². The molecule has 4 rings (SSSR count). The van der Waals surface area contributed by atoms with Gasteiger partial charge < -0.3 is 24.8 Å². The average molecular weight is 492 g/mol. The van der Waals surface area contributed by atoms with Crippen molar-refractivity contribution in [3.8, 4) is 40.0 Å². The zero-order valence-corrected chi connectivity index (χ0v) is 20.1. The van der Waals surface area contributed by atoms with E-state index in [1.165, 1.54) is 35.2 Å². The number of aromatic hydroxyl groups is 3. The fourth-order valence-corrected chi connectivity index (χ4v) is 4.31. The van der Waals surface area contributed by atoms with Crippen LogP contribution in [0.15, 0.2) is 76.1 Å². The SMILES string of the molecule is COc1ccc(OC)c(-c2csc(=NCCc3ccccc3)n2N=Cc2ccc(O)c(O)c2O)c1. The van der Waals surface area contributed by atoms with E-state index < -0.39 is 17.2 Å². The van der Waals surface area contributed by atoms with E-state index in [9.17, 15) is 15.3 Å². The van der Waals surface area contributed by atoms with E-state index >= 15 is 0 Å². The molecular weight excluding hydrogens is 466 g/mol. The number of rotatable bonds is 8. The van der Waals surface area contributed by atoms with Gasteiger partial charge in [0.15, 0.2) is 11.5 Å². The molecule has 0 radical (unpaired) electrons. The molecule has 9 heteroatoms. The molecule has 0 saturated carbocycles. The topological polar surface area (TPSA) is 109 Å². The van der Waals surface area contributed by atoms with Crippen LogP contribution >= 0.6 is 11.3 Å². The smallest absolute Gasteiger partial charge is 0.206 e. The number of ether oxygens (including phenoxy) is 2. The Morgan fingerprint density at radius 3 is 2.49 bits per heavy atom. The van der Waals surface area contributed by atoms with Crippen molar-refractivity contribution < 1.29 is 24.8 Å². The molecule has 0 amide bonds. The molecule has 35 heavy (non-hydrogen) atoms. The van der Waals surface area contributed by atoms with Crippen molar-refractivity contribution in [1.29, 1.82) is 0 Å². The van der Waals surface area contributed by atoms with Crippen molar-refractivity contribution in [2.45, 2.75) is 6.42 Å². The standard InChI is InChI=1S/C26H25N3O5S/c1-33-19-9-11-23(34-2)20(14-19)21-16-35-26(27-13-12-17-6-4-3-5-7-17)29(21)28-15-18-8-10-22(30)25(32)24(18)31/h3-11,14-16,30-32H,12-13H2,1-2H3. The predicted molar refractivity (Wildman–Crippen MR) is 136 cm³/mol. The predicted octanol–water partition coefficient (Wildman–Crippen LogP) is 4.38. The minimum Gasteiger partial charge on any atom is -0.504 e. The van der Waals surface area contributed by atoms with Gasteiger partial charge in [0.25, 0.3) is 0 Å². The molecule has 0 atom stereocenters. The van der Waals surface area contributed by atoms with E-state index in [0.717, 1.165) is 12.0 Å². The van der Waals surface area contributed by atoms with Crippen molar-refractivity contribution in [2.75, 3.05) is 20.8 Å². The van der Waals surface area contributed by atoms with Crippen LogP contribution in [0.25, 0.3) is 11.3 Å².